The highest BCUT2D eigenvalue weighted by molar-refractivity contribution is 6.32. The number of nitrogens with zero attached hydrogens (tertiary/aromatic N) is 2. The van der Waals surface area contributed by atoms with Crippen molar-refractivity contribution in [3.05, 3.63) is 73.9 Å². The molecule has 1 aliphatic rings. The summed E-state index contributed by atoms with van der Waals surface area (Å²) in [5.41, 5.74) is 3.75. The molecule has 2 atom stereocenters. The summed E-state index contributed by atoms with van der Waals surface area (Å²) in [4.78, 5) is 34.8. The number of allylic oxidation sites excluding steroid dienone is 1. The lowest BCUT2D eigenvalue weighted by atomic mass is 9.95. The number of carbonyl (C=O) groups is 2. The van der Waals surface area contributed by atoms with Crippen LogP contribution in [-0.2, 0) is 9.53 Å². The van der Waals surface area contributed by atoms with Crippen LogP contribution in [0.15, 0.2) is 52.8 Å². The Labute approximate surface area is 222 Å². The normalized spacial score (nSPS) is 15.9. The van der Waals surface area contributed by atoms with E-state index in [1.807, 2.05) is 0 Å². The number of rotatable bonds is 11. The first-order valence-corrected chi connectivity index (χ1v) is 11.7. The molecule has 2 aromatic rings. The zero-order chi connectivity index (χ0) is 27.8. The molecule has 0 saturated carbocycles. The minimum absolute atomic E-state index is 0.000115. The van der Waals surface area contributed by atoms with Crippen molar-refractivity contribution in [2.24, 2.45) is 5.10 Å². The molecule has 3 rings (SSSR count). The summed E-state index contributed by atoms with van der Waals surface area (Å²) in [5, 5.41) is 30.3. The van der Waals surface area contributed by atoms with Crippen molar-refractivity contribution in [1.29, 1.82) is 0 Å². The molecule has 1 heterocycles. The Hall–Kier alpha value is -4.36. The fraction of sp³-hybridized carbons (Fsp3) is 0.292. The van der Waals surface area contributed by atoms with Crippen LogP contribution >= 0.6 is 11.6 Å². The molecule has 2 amide bonds. The number of halogens is 1. The first-order valence-electron chi connectivity index (χ1n) is 11.3. The fourth-order valence-corrected chi connectivity index (χ4v) is 3.76. The molecule has 0 bridgehead atoms. The van der Waals surface area contributed by atoms with Crippen LogP contribution in [0.1, 0.15) is 31.0 Å². The number of methoxy groups -OCH3 is 1. The van der Waals surface area contributed by atoms with Gasteiger partial charge in [0.2, 0.25) is 0 Å². The van der Waals surface area contributed by atoms with Crippen molar-refractivity contribution in [2.45, 2.75) is 26.1 Å². The number of nitro groups is 1. The number of nitro benzene ring substituents is 1. The number of esters is 1. The molecule has 0 fully saturated rings. The number of ether oxygens (including phenoxy) is 3. The van der Waals surface area contributed by atoms with Crippen LogP contribution in [0.25, 0.3) is 0 Å². The number of carbonyl (C=O) groups excluding carboxylic acids is 2. The summed E-state index contributed by atoms with van der Waals surface area (Å²) in [6, 6.07) is 7.76. The molecule has 202 valence electrons. The highest BCUT2D eigenvalue weighted by Crippen LogP contribution is 2.35. The number of hydrogen-bond acceptors (Lipinski definition) is 10. The van der Waals surface area contributed by atoms with E-state index in [4.69, 9.17) is 25.8 Å². The van der Waals surface area contributed by atoms with Gasteiger partial charge < -0.3 is 30.0 Å². The number of hydrogen-bond donors (Lipinski definition) is 4. The van der Waals surface area contributed by atoms with Gasteiger partial charge in [0.15, 0.2) is 17.7 Å². The SMILES string of the molecule is CCOc1cc([C@@H]2NC(=O)NC(C)=C2C(=O)OC)ccc1OC[C@@H](O)N/N=C\c1ccc(Cl)c([N+](=O)[O-])c1. The molecule has 0 aromatic heterocycles. The summed E-state index contributed by atoms with van der Waals surface area (Å²) in [7, 11) is 1.25. The molecule has 1 aliphatic heterocycles. The predicted octanol–water partition coefficient (Wildman–Crippen LogP) is 2.77. The number of benzene rings is 2. The molecule has 13 nitrogen and oxygen atoms in total. The van der Waals surface area contributed by atoms with Gasteiger partial charge in [-0.15, -0.1) is 0 Å². The van der Waals surface area contributed by atoms with Gasteiger partial charge >= 0.3 is 12.0 Å². The van der Waals surface area contributed by atoms with Crippen molar-refractivity contribution in [1.82, 2.24) is 16.1 Å². The molecule has 4 N–H and O–H groups in total. The number of amides is 2. The van der Waals surface area contributed by atoms with E-state index in [1.165, 1.54) is 31.5 Å². The molecule has 0 radical (unpaired) electrons. The van der Waals surface area contributed by atoms with Gasteiger partial charge in [-0.2, -0.15) is 5.10 Å². The molecule has 0 saturated heterocycles. The van der Waals surface area contributed by atoms with Gasteiger partial charge in [0.05, 0.1) is 36.5 Å². The zero-order valence-corrected chi connectivity index (χ0v) is 21.4. The number of urea groups is 1. The van der Waals surface area contributed by atoms with Crippen molar-refractivity contribution < 1.29 is 33.8 Å². The van der Waals surface area contributed by atoms with Crippen LogP contribution in [0, 0.1) is 10.1 Å². The largest absolute Gasteiger partial charge is 0.490 e. The van der Waals surface area contributed by atoms with Crippen molar-refractivity contribution in [3.63, 3.8) is 0 Å². The van der Waals surface area contributed by atoms with E-state index in [-0.39, 0.29) is 22.9 Å². The number of nitrogens with one attached hydrogen (secondary N) is 3. The van der Waals surface area contributed by atoms with Crippen molar-refractivity contribution in [2.75, 3.05) is 20.3 Å². The minimum Gasteiger partial charge on any atom is -0.490 e. The second kappa shape index (κ2) is 12.7. The lowest BCUT2D eigenvalue weighted by molar-refractivity contribution is -0.384. The third-order valence-electron chi connectivity index (χ3n) is 5.28. The Bertz CT molecular complexity index is 1280. The van der Waals surface area contributed by atoms with E-state index < -0.39 is 29.2 Å². The topological polar surface area (TPSA) is 174 Å². The van der Waals surface area contributed by atoms with Gasteiger partial charge in [0.25, 0.3) is 5.69 Å². The quantitative estimate of drug-likeness (QED) is 0.108. The van der Waals surface area contributed by atoms with Crippen LogP contribution in [0.3, 0.4) is 0 Å². The van der Waals surface area contributed by atoms with Crippen LogP contribution < -0.4 is 25.5 Å². The first kappa shape index (κ1) is 28.2. The third kappa shape index (κ3) is 6.89. The van der Waals surface area contributed by atoms with Crippen LogP contribution in [0.2, 0.25) is 5.02 Å². The maximum absolute atomic E-state index is 12.4. The predicted molar refractivity (Wildman–Crippen MR) is 137 cm³/mol. The minimum atomic E-state index is -1.23. The summed E-state index contributed by atoms with van der Waals surface area (Å²) < 4.78 is 16.2. The molecular weight excluding hydrogens is 522 g/mol. The van der Waals surface area contributed by atoms with Gasteiger partial charge in [-0.3, -0.25) is 15.5 Å². The maximum Gasteiger partial charge on any atom is 0.337 e. The lowest BCUT2D eigenvalue weighted by Gasteiger charge is -2.28. The summed E-state index contributed by atoms with van der Waals surface area (Å²) in [5.74, 6) is 0.0272. The van der Waals surface area contributed by atoms with Crippen molar-refractivity contribution in [3.8, 4) is 11.5 Å². The highest BCUT2D eigenvalue weighted by atomic mass is 35.5. The number of hydrazone groups is 1. The standard InChI is InChI=1S/C24H26ClN5O8/c1-4-37-19-10-15(22-21(23(32)36-3)13(2)27-24(33)28-22)6-8-18(19)38-12-20(31)29-26-11-14-5-7-16(25)17(9-14)30(34)35/h5-11,20,22,29,31H,4,12H2,1-3H3,(H2,27,28,33)/b26-11-/t20-,22+/m1/s1. The molecule has 0 unspecified atom stereocenters. The Morgan fingerprint density at radius 3 is 2.74 bits per heavy atom. The van der Waals surface area contributed by atoms with Gasteiger partial charge in [-0.25, -0.2) is 9.59 Å². The smallest absolute Gasteiger partial charge is 0.337 e. The van der Waals surface area contributed by atoms with E-state index in [9.17, 15) is 24.8 Å². The second-order valence-corrected chi connectivity index (χ2v) is 8.29. The third-order valence-corrected chi connectivity index (χ3v) is 5.60. The second-order valence-electron chi connectivity index (χ2n) is 7.88. The van der Waals surface area contributed by atoms with E-state index in [1.54, 1.807) is 32.0 Å². The van der Waals surface area contributed by atoms with E-state index in [0.29, 0.717) is 34.9 Å². The van der Waals surface area contributed by atoms with E-state index in [0.717, 1.165) is 0 Å². The summed E-state index contributed by atoms with van der Waals surface area (Å²) in [6.07, 6.45) is 0.0530. The average molecular weight is 548 g/mol. The molecule has 0 spiro atoms. The Morgan fingerprint density at radius 2 is 2.05 bits per heavy atom. The number of aliphatic hydroxyl groups is 1. The zero-order valence-electron chi connectivity index (χ0n) is 20.7. The Balaban J connectivity index is 1.70. The average Bonchev–Trinajstić information content (AvgIpc) is 2.88. The van der Waals surface area contributed by atoms with Gasteiger partial charge in [-0.05, 0) is 37.6 Å². The van der Waals surface area contributed by atoms with Gasteiger partial charge in [0.1, 0.15) is 11.6 Å². The highest BCUT2D eigenvalue weighted by Gasteiger charge is 2.32. The number of aliphatic hydroxyl groups excluding tert-OH is 1. The monoisotopic (exact) mass is 547 g/mol. The van der Waals surface area contributed by atoms with Crippen LogP contribution in [-0.4, -0.2) is 54.8 Å². The molecule has 0 aliphatic carbocycles. The first-order chi connectivity index (χ1) is 18.1. The van der Waals surface area contributed by atoms with Crippen LogP contribution in [0.4, 0.5) is 10.5 Å². The van der Waals surface area contributed by atoms with Gasteiger partial charge in [0, 0.05) is 17.3 Å². The van der Waals surface area contributed by atoms with E-state index in [2.05, 4.69) is 21.2 Å². The molecular formula is C24H26ClN5O8. The Morgan fingerprint density at radius 1 is 1.29 bits per heavy atom. The lowest BCUT2D eigenvalue weighted by Crippen LogP contribution is -2.45. The van der Waals surface area contributed by atoms with Crippen LogP contribution in [0.5, 0.6) is 11.5 Å². The Kier molecular flexibility index (Phi) is 9.46. The van der Waals surface area contributed by atoms with E-state index >= 15 is 0 Å². The molecule has 2 aromatic carbocycles. The maximum atomic E-state index is 12.4. The molecule has 14 heteroatoms. The van der Waals surface area contributed by atoms with Gasteiger partial charge in [-0.1, -0.05) is 23.7 Å². The summed E-state index contributed by atoms with van der Waals surface area (Å²) in [6.45, 7) is 3.45. The fourth-order valence-electron chi connectivity index (χ4n) is 3.57. The summed E-state index contributed by atoms with van der Waals surface area (Å²) >= 11 is 5.79. The van der Waals surface area contributed by atoms with Crippen molar-refractivity contribution >= 4 is 35.5 Å². The molecule has 38 heavy (non-hydrogen) atoms.